The highest BCUT2D eigenvalue weighted by Gasteiger charge is 2.12. The molecular formula is C18H13N3OS. The van der Waals surface area contributed by atoms with E-state index in [0.717, 1.165) is 27.8 Å². The third kappa shape index (κ3) is 2.62. The molecule has 3 aromatic heterocycles. The minimum Gasteiger partial charge on any atom is -0.344 e. The zero-order valence-corrected chi connectivity index (χ0v) is 12.9. The summed E-state index contributed by atoms with van der Waals surface area (Å²) in [6.45, 7) is 0. The van der Waals surface area contributed by atoms with Crippen LogP contribution in [0.2, 0.25) is 0 Å². The number of hydrogen-bond donors (Lipinski definition) is 2. The minimum absolute atomic E-state index is 0.106. The fourth-order valence-electron chi connectivity index (χ4n) is 2.49. The molecule has 0 aliphatic carbocycles. The van der Waals surface area contributed by atoms with Crippen molar-refractivity contribution in [2.75, 3.05) is 5.32 Å². The van der Waals surface area contributed by atoms with E-state index in [-0.39, 0.29) is 5.91 Å². The van der Waals surface area contributed by atoms with E-state index in [4.69, 9.17) is 0 Å². The molecule has 0 spiro atoms. The lowest BCUT2D eigenvalue weighted by atomic mass is 10.1. The zero-order valence-electron chi connectivity index (χ0n) is 12.1. The molecule has 0 fully saturated rings. The normalized spacial score (nSPS) is 10.8. The number of anilines is 1. The number of hydrogen-bond acceptors (Lipinski definition) is 3. The number of carbonyl (C=O) groups is 1. The van der Waals surface area contributed by atoms with Crippen LogP contribution >= 0.6 is 11.3 Å². The Morgan fingerprint density at radius 3 is 2.74 bits per heavy atom. The topological polar surface area (TPSA) is 57.8 Å². The first-order valence-corrected chi connectivity index (χ1v) is 8.06. The van der Waals surface area contributed by atoms with Gasteiger partial charge in [0.2, 0.25) is 0 Å². The van der Waals surface area contributed by atoms with Crippen molar-refractivity contribution in [2.24, 2.45) is 0 Å². The van der Waals surface area contributed by atoms with Gasteiger partial charge in [0.25, 0.3) is 5.91 Å². The van der Waals surface area contributed by atoms with Crippen LogP contribution in [-0.2, 0) is 0 Å². The van der Waals surface area contributed by atoms with Gasteiger partial charge < -0.3 is 10.3 Å². The number of benzene rings is 1. The Labute approximate surface area is 136 Å². The number of nitrogens with one attached hydrogen (secondary N) is 2. The Morgan fingerprint density at radius 2 is 1.96 bits per heavy atom. The van der Waals surface area contributed by atoms with Crippen LogP contribution in [0.25, 0.3) is 22.2 Å². The quantitative estimate of drug-likeness (QED) is 0.582. The first kappa shape index (κ1) is 13.7. The monoisotopic (exact) mass is 319 g/mol. The molecular weight excluding hydrogens is 306 g/mol. The summed E-state index contributed by atoms with van der Waals surface area (Å²) in [6, 6.07) is 15.8. The molecule has 5 heteroatoms. The molecule has 4 aromatic rings. The Hall–Kier alpha value is -2.92. The zero-order chi connectivity index (χ0) is 15.6. The number of nitrogens with zero attached hydrogens (tertiary/aromatic N) is 1. The van der Waals surface area contributed by atoms with Crippen LogP contribution in [0.3, 0.4) is 0 Å². The molecule has 4 nitrogen and oxygen atoms in total. The Balaban J connectivity index is 1.72. The number of H-pyrrole nitrogens is 1. The fraction of sp³-hybridized carbons (Fsp3) is 0. The molecule has 3 heterocycles. The predicted molar refractivity (Wildman–Crippen MR) is 93.8 cm³/mol. The summed E-state index contributed by atoms with van der Waals surface area (Å²) in [6.07, 6.45) is 3.61. The smallest absolute Gasteiger partial charge is 0.265 e. The molecule has 1 aromatic carbocycles. The molecule has 0 bridgehead atoms. The third-order valence-corrected chi connectivity index (χ3v) is 4.50. The molecule has 4 rings (SSSR count). The summed E-state index contributed by atoms with van der Waals surface area (Å²) in [5.74, 6) is -0.106. The van der Waals surface area contributed by atoms with Crippen molar-refractivity contribution in [2.45, 2.75) is 0 Å². The van der Waals surface area contributed by atoms with Crippen LogP contribution in [0.15, 0.2) is 66.3 Å². The van der Waals surface area contributed by atoms with Crippen molar-refractivity contribution in [3.63, 3.8) is 0 Å². The molecule has 23 heavy (non-hydrogen) atoms. The van der Waals surface area contributed by atoms with E-state index in [1.165, 1.54) is 11.3 Å². The summed E-state index contributed by atoms with van der Waals surface area (Å²) in [5, 5.41) is 5.73. The maximum Gasteiger partial charge on any atom is 0.265 e. The van der Waals surface area contributed by atoms with Crippen LogP contribution in [0.4, 0.5) is 5.69 Å². The van der Waals surface area contributed by atoms with Gasteiger partial charge >= 0.3 is 0 Å². The van der Waals surface area contributed by atoms with Crippen molar-refractivity contribution >= 4 is 34.0 Å². The van der Waals surface area contributed by atoms with Gasteiger partial charge in [-0.15, -0.1) is 11.3 Å². The lowest BCUT2D eigenvalue weighted by Gasteiger charge is -2.04. The maximum absolute atomic E-state index is 12.2. The number of fused-ring (bicyclic) bond motifs is 1. The summed E-state index contributed by atoms with van der Waals surface area (Å²) in [5.41, 5.74) is 3.61. The van der Waals surface area contributed by atoms with Gasteiger partial charge in [-0.1, -0.05) is 36.4 Å². The van der Waals surface area contributed by atoms with Gasteiger partial charge in [-0.2, -0.15) is 0 Å². The van der Waals surface area contributed by atoms with Crippen LogP contribution in [0.1, 0.15) is 9.67 Å². The highest BCUT2D eigenvalue weighted by molar-refractivity contribution is 7.12. The van der Waals surface area contributed by atoms with Gasteiger partial charge in [-0.05, 0) is 23.1 Å². The second kappa shape index (κ2) is 5.70. The number of aromatic amines is 1. The van der Waals surface area contributed by atoms with Gasteiger partial charge in [0.05, 0.1) is 10.6 Å². The van der Waals surface area contributed by atoms with Crippen molar-refractivity contribution in [3.8, 4) is 11.1 Å². The first-order chi connectivity index (χ1) is 11.3. The standard InChI is InChI=1S/C18H13N3OS/c22-18(16-7-4-8-23-16)21-15-11-20-17-14(15)9-13(10-19-17)12-5-2-1-3-6-12/h1-11H,(H,19,20)(H,21,22). The minimum atomic E-state index is -0.106. The maximum atomic E-state index is 12.2. The lowest BCUT2D eigenvalue weighted by molar-refractivity contribution is 0.103. The molecule has 0 atom stereocenters. The molecule has 0 aliphatic rings. The average Bonchev–Trinajstić information content (AvgIpc) is 3.25. The van der Waals surface area contributed by atoms with Crippen LogP contribution < -0.4 is 5.32 Å². The summed E-state index contributed by atoms with van der Waals surface area (Å²) in [7, 11) is 0. The summed E-state index contributed by atoms with van der Waals surface area (Å²) >= 11 is 1.42. The van der Waals surface area contributed by atoms with Crippen molar-refractivity contribution in [1.29, 1.82) is 0 Å². The van der Waals surface area contributed by atoms with Crippen molar-refractivity contribution in [1.82, 2.24) is 9.97 Å². The Morgan fingerprint density at radius 1 is 1.09 bits per heavy atom. The number of carbonyl (C=O) groups excluding carboxylic acids is 1. The Bertz CT molecular complexity index is 959. The largest absolute Gasteiger partial charge is 0.344 e. The van der Waals surface area contributed by atoms with Gasteiger partial charge in [0.1, 0.15) is 5.65 Å². The predicted octanol–water partition coefficient (Wildman–Crippen LogP) is 4.54. The second-order valence-electron chi connectivity index (χ2n) is 5.12. The molecule has 1 amide bonds. The number of rotatable bonds is 3. The molecule has 0 unspecified atom stereocenters. The van der Waals surface area contributed by atoms with E-state index < -0.39 is 0 Å². The SMILES string of the molecule is O=C(Nc1c[nH]c2ncc(-c3ccccc3)cc12)c1cccs1. The van der Waals surface area contributed by atoms with Gasteiger partial charge in [0.15, 0.2) is 0 Å². The molecule has 2 N–H and O–H groups in total. The van der Waals surface area contributed by atoms with E-state index in [2.05, 4.69) is 15.3 Å². The molecule has 0 saturated heterocycles. The van der Waals surface area contributed by atoms with E-state index in [9.17, 15) is 4.79 Å². The number of aromatic nitrogens is 2. The molecule has 0 saturated carbocycles. The van der Waals surface area contributed by atoms with Gasteiger partial charge in [0, 0.05) is 23.3 Å². The number of amides is 1. The summed E-state index contributed by atoms with van der Waals surface area (Å²) < 4.78 is 0. The third-order valence-electron chi connectivity index (χ3n) is 3.63. The second-order valence-corrected chi connectivity index (χ2v) is 6.07. The lowest BCUT2D eigenvalue weighted by Crippen LogP contribution is -2.09. The average molecular weight is 319 g/mol. The molecule has 112 valence electrons. The van der Waals surface area contributed by atoms with E-state index in [0.29, 0.717) is 4.88 Å². The van der Waals surface area contributed by atoms with Gasteiger partial charge in [-0.3, -0.25) is 4.79 Å². The van der Waals surface area contributed by atoms with Crippen LogP contribution in [-0.4, -0.2) is 15.9 Å². The van der Waals surface area contributed by atoms with E-state index in [1.807, 2.05) is 60.1 Å². The first-order valence-electron chi connectivity index (χ1n) is 7.19. The van der Waals surface area contributed by atoms with Gasteiger partial charge in [-0.25, -0.2) is 4.98 Å². The van der Waals surface area contributed by atoms with E-state index in [1.54, 1.807) is 6.20 Å². The van der Waals surface area contributed by atoms with E-state index >= 15 is 0 Å². The molecule has 0 radical (unpaired) electrons. The van der Waals surface area contributed by atoms with Crippen molar-refractivity contribution < 1.29 is 4.79 Å². The molecule has 0 aliphatic heterocycles. The highest BCUT2D eigenvalue weighted by atomic mass is 32.1. The highest BCUT2D eigenvalue weighted by Crippen LogP contribution is 2.27. The number of pyridine rings is 1. The van der Waals surface area contributed by atoms with Crippen LogP contribution in [0, 0.1) is 0 Å². The van der Waals surface area contributed by atoms with Crippen LogP contribution in [0.5, 0.6) is 0 Å². The summed E-state index contributed by atoms with van der Waals surface area (Å²) in [4.78, 5) is 20.5. The number of thiophene rings is 1. The van der Waals surface area contributed by atoms with Crippen molar-refractivity contribution in [3.05, 3.63) is 71.2 Å². The fourth-order valence-corrected chi connectivity index (χ4v) is 3.11. The Kier molecular flexibility index (Phi) is 3.40.